The van der Waals surface area contributed by atoms with Gasteiger partial charge in [-0.25, -0.2) is 8.78 Å². The summed E-state index contributed by atoms with van der Waals surface area (Å²) in [7, 11) is 1.93. The Labute approximate surface area is 108 Å². The third kappa shape index (κ3) is 2.89. The zero-order valence-electron chi connectivity index (χ0n) is 11.0. The minimum atomic E-state index is -0.495. The van der Waals surface area contributed by atoms with Crippen molar-refractivity contribution >= 4 is 0 Å². The highest BCUT2D eigenvalue weighted by molar-refractivity contribution is 5.24. The van der Waals surface area contributed by atoms with Crippen molar-refractivity contribution in [3.63, 3.8) is 0 Å². The van der Waals surface area contributed by atoms with Gasteiger partial charge in [0.05, 0.1) is 0 Å². The molecule has 1 nitrogen and oxygen atoms in total. The van der Waals surface area contributed by atoms with Gasteiger partial charge >= 0.3 is 0 Å². The van der Waals surface area contributed by atoms with Gasteiger partial charge in [0, 0.05) is 6.07 Å². The molecule has 0 aromatic heterocycles. The van der Waals surface area contributed by atoms with Gasteiger partial charge in [0.25, 0.3) is 0 Å². The van der Waals surface area contributed by atoms with Crippen LogP contribution in [-0.2, 0) is 0 Å². The predicted octanol–water partition coefficient (Wildman–Crippen LogP) is 3.70. The minimum Gasteiger partial charge on any atom is -0.319 e. The van der Waals surface area contributed by atoms with Gasteiger partial charge in [0.15, 0.2) is 0 Å². The summed E-state index contributed by atoms with van der Waals surface area (Å²) in [5, 5.41) is 3.19. The summed E-state index contributed by atoms with van der Waals surface area (Å²) < 4.78 is 26.9. The van der Waals surface area contributed by atoms with Crippen molar-refractivity contribution in [2.24, 2.45) is 11.8 Å². The number of benzene rings is 1. The summed E-state index contributed by atoms with van der Waals surface area (Å²) in [5.41, 5.74) is 0.684. The fourth-order valence-electron chi connectivity index (χ4n) is 3.13. The standard InChI is InChI=1S/C15H21F2N/c1-10-3-4-11(9-18-2)14(7-10)13-6-5-12(16)8-15(13)17/h5-6,8,10-11,14,18H,3-4,7,9H2,1-2H3. The van der Waals surface area contributed by atoms with E-state index in [1.807, 2.05) is 7.05 Å². The molecule has 0 saturated heterocycles. The Kier molecular flexibility index (Phi) is 4.33. The zero-order valence-corrected chi connectivity index (χ0v) is 11.0. The van der Waals surface area contributed by atoms with Crippen LogP contribution in [0.4, 0.5) is 8.78 Å². The molecule has 3 heteroatoms. The first kappa shape index (κ1) is 13.5. The fraction of sp³-hybridized carbons (Fsp3) is 0.600. The largest absolute Gasteiger partial charge is 0.319 e. The Morgan fingerprint density at radius 3 is 2.72 bits per heavy atom. The number of nitrogens with one attached hydrogen (secondary N) is 1. The zero-order chi connectivity index (χ0) is 13.1. The maximum Gasteiger partial charge on any atom is 0.129 e. The highest BCUT2D eigenvalue weighted by atomic mass is 19.1. The number of rotatable bonds is 3. The first-order valence-corrected chi connectivity index (χ1v) is 6.71. The molecule has 0 spiro atoms. The number of halogens is 2. The third-order valence-electron chi connectivity index (χ3n) is 4.08. The van der Waals surface area contributed by atoms with E-state index in [2.05, 4.69) is 12.2 Å². The van der Waals surface area contributed by atoms with Gasteiger partial charge in [-0.05, 0) is 55.8 Å². The maximum atomic E-state index is 13.9. The first-order chi connectivity index (χ1) is 8.61. The maximum absolute atomic E-state index is 13.9. The molecule has 100 valence electrons. The van der Waals surface area contributed by atoms with Crippen LogP contribution in [-0.4, -0.2) is 13.6 Å². The van der Waals surface area contributed by atoms with Gasteiger partial charge in [-0.15, -0.1) is 0 Å². The monoisotopic (exact) mass is 253 g/mol. The molecule has 1 N–H and O–H groups in total. The summed E-state index contributed by atoms with van der Waals surface area (Å²) in [6, 6.07) is 4.00. The Morgan fingerprint density at radius 1 is 1.28 bits per heavy atom. The van der Waals surface area contributed by atoms with E-state index in [0.29, 0.717) is 17.4 Å². The smallest absolute Gasteiger partial charge is 0.129 e. The van der Waals surface area contributed by atoms with E-state index in [9.17, 15) is 8.78 Å². The van der Waals surface area contributed by atoms with E-state index in [1.165, 1.54) is 12.5 Å². The van der Waals surface area contributed by atoms with Crippen molar-refractivity contribution in [2.75, 3.05) is 13.6 Å². The van der Waals surface area contributed by atoms with Gasteiger partial charge in [-0.2, -0.15) is 0 Å². The average molecular weight is 253 g/mol. The quantitative estimate of drug-likeness (QED) is 0.866. The van der Waals surface area contributed by atoms with Gasteiger partial charge in [0.1, 0.15) is 11.6 Å². The van der Waals surface area contributed by atoms with Gasteiger partial charge in [-0.3, -0.25) is 0 Å². The molecule has 3 atom stereocenters. The summed E-state index contributed by atoms with van der Waals surface area (Å²) in [6.45, 7) is 3.11. The summed E-state index contributed by atoms with van der Waals surface area (Å²) in [4.78, 5) is 0. The lowest BCUT2D eigenvalue weighted by Crippen LogP contribution is -2.30. The minimum absolute atomic E-state index is 0.210. The molecule has 1 aromatic rings. The molecule has 18 heavy (non-hydrogen) atoms. The highest BCUT2D eigenvalue weighted by Gasteiger charge is 2.31. The molecule has 0 heterocycles. The van der Waals surface area contributed by atoms with Crippen LogP contribution in [0.25, 0.3) is 0 Å². The van der Waals surface area contributed by atoms with Crippen molar-refractivity contribution < 1.29 is 8.78 Å². The normalized spacial score (nSPS) is 28.3. The molecule has 1 aliphatic rings. The molecular formula is C15H21F2N. The van der Waals surface area contributed by atoms with E-state index in [1.54, 1.807) is 6.07 Å². The second-order valence-electron chi connectivity index (χ2n) is 5.51. The van der Waals surface area contributed by atoms with Crippen LogP contribution in [0.5, 0.6) is 0 Å². The van der Waals surface area contributed by atoms with Gasteiger partial charge < -0.3 is 5.32 Å². The van der Waals surface area contributed by atoms with Crippen LogP contribution >= 0.6 is 0 Å². The van der Waals surface area contributed by atoms with Crippen LogP contribution in [0.15, 0.2) is 18.2 Å². The molecule has 0 aliphatic heterocycles. The Morgan fingerprint density at radius 2 is 2.06 bits per heavy atom. The third-order valence-corrected chi connectivity index (χ3v) is 4.08. The SMILES string of the molecule is CNCC1CCC(C)CC1c1ccc(F)cc1F. The lowest BCUT2D eigenvalue weighted by molar-refractivity contribution is 0.241. The summed E-state index contributed by atoms with van der Waals surface area (Å²) in [6.07, 6.45) is 3.31. The molecule has 1 saturated carbocycles. The fourth-order valence-corrected chi connectivity index (χ4v) is 3.13. The molecule has 0 amide bonds. The topological polar surface area (TPSA) is 12.0 Å². The van der Waals surface area contributed by atoms with Crippen LogP contribution in [0.1, 0.15) is 37.7 Å². The van der Waals surface area contributed by atoms with Crippen LogP contribution in [0, 0.1) is 23.5 Å². The second kappa shape index (κ2) is 5.79. The molecule has 2 rings (SSSR count). The van der Waals surface area contributed by atoms with Crippen molar-refractivity contribution in [2.45, 2.75) is 32.1 Å². The Hall–Kier alpha value is -0.960. The second-order valence-corrected chi connectivity index (χ2v) is 5.51. The average Bonchev–Trinajstić information content (AvgIpc) is 2.32. The molecule has 0 bridgehead atoms. The van der Waals surface area contributed by atoms with Gasteiger partial charge in [0.2, 0.25) is 0 Å². The van der Waals surface area contributed by atoms with E-state index in [4.69, 9.17) is 0 Å². The van der Waals surface area contributed by atoms with Crippen LogP contribution in [0.3, 0.4) is 0 Å². The van der Waals surface area contributed by atoms with Crippen molar-refractivity contribution in [1.82, 2.24) is 5.32 Å². The lowest BCUT2D eigenvalue weighted by Gasteiger charge is -2.35. The predicted molar refractivity (Wildman–Crippen MR) is 69.5 cm³/mol. The Bertz CT molecular complexity index is 405. The number of hydrogen-bond donors (Lipinski definition) is 1. The van der Waals surface area contributed by atoms with E-state index >= 15 is 0 Å². The molecule has 3 unspecified atom stereocenters. The van der Waals surface area contributed by atoms with E-state index in [-0.39, 0.29) is 5.92 Å². The Balaban J connectivity index is 2.26. The first-order valence-electron chi connectivity index (χ1n) is 6.71. The van der Waals surface area contributed by atoms with Crippen LogP contribution in [0.2, 0.25) is 0 Å². The lowest BCUT2D eigenvalue weighted by atomic mass is 9.71. The summed E-state index contributed by atoms with van der Waals surface area (Å²) >= 11 is 0. The molecular weight excluding hydrogens is 232 g/mol. The molecule has 1 fully saturated rings. The summed E-state index contributed by atoms with van der Waals surface area (Å²) in [5.74, 6) is 0.390. The van der Waals surface area contributed by atoms with E-state index < -0.39 is 11.6 Å². The van der Waals surface area contributed by atoms with Crippen LogP contribution < -0.4 is 5.32 Å². The van der Waals surface area contributed by atoms with Crippen molar-refractivity contribution in [3.05, 3.63) is 35.4 Å². The highest BCUT2D eigenvalue weighted by Crippen LogP contribution is 2.41. The molecule has 1 aliphatic carbocycles. The molecule has 1 aromatic carbocycles. The number of hydrogen-bond acceptors (Lipinski definition) is 1. The van der Waals surface area contributed by atoms with Gasteiger partial charge in [-0.1, -0.05) is 19.4 Å². The van der Waals surface area contributed by atoms with Crippen molar-refractivity contribution in [1.29, 1.82) is 0 Å². The van der Waals surface area contributed by atoms with Crippen molar-refractivity contribution in [3.8, 4) is 0 Å². The molecule has 0 radical (unpaired) electrons. The van der Waals surface area contributed by atoms with E-state index in [0.717, 1.165) is 25.5 Å².